The van der Waals surface area contributed by atoms with E-state index in [0.717, 1.165) is 48.4 Å². The first kappa shape index (κ1) is 20.3. The topological polar surface area (TPSA) is 55.6 Å². The minimum atomic E-state index is -0.487. The number of hydrogen-bond acceptors (Lipinski definition) is 5. The highest BCUT2D eigenvalue weighted by Crippen LogP contribution is 2.30. The number of para-hydroxylation sites is 2. The molecule has 29 heavy (non-hydrogen) atoms. The summed E-state index contributed by atoms with van der Waals surface area (Å²) >= 11 is 6.10. The SMILES string of the molecule is O[C@H](COC[C@@H]1COc2ccccc2O1)C[NH+]1CCN(c2cccc(Cl)c2)CC1. The molecule has 0 unspecified atom stereocenters. The van der Waals surface area contributed by atoms with Crippen molar-refractivity contribution in [3.8, 4) is 11.5 Å². The molecule has 6 nitrogen and oxygen atoms in total. The molecular formula is C22H28ClN2O4+. The summed E-state index contributed by atoms with van der Waals surface area (Å²) in [5, 5.41) is 11.1. The number of nitrogens with one attached hydrogen (secondary N) is 1. The van der Waals surface area contributed by atoms with Crippen LogP contribution in [0.2, 0.25) is 5.02 Å². The summed E-state index contributed by atoms with van der Waals surface area (Å²) in [5.41, 5.74) is 1.16. The molecule has 0 aromatic heterocycles. The highest BCUT2D eigenvalue weighted by Gasteiger charge is 2.24. The lowest BCUT2D eigenvalue weighted by Gasteiger charge is -2.34. The Morgan fingerprint density at radius 2 is 1.93 bits per heavy atom. The molecule has 0 bridgehead atoms. The Labute approximate surface area is 176 Å². The van der Waals surface area contributed by atoms with Crippen LogP contribution in [0.1, 0.15) is 0 Å². The van der Waals surface area contributed by atoms with Crippen molar-refractivity contribution in [1.29, 1.82) is 0 Å². The van der Waals surface area contributed by atoms with E-state index < -0.39 is 6.10 Å². The van der Waals surface area contributed by atoms with Crippen molar-refractivity contribution in [2.45, 2.75) is 12.2 Å². The summed E-state index contributed by atoms with van der Waals surface area (Å²) in [4.78, 5) is 3.74. The zero-order valence-electron chi connectivity index (χ0n) is 16.4. The summed E-state index contributed by atoms with van der Waals surface area (Å²) in [6.07, 6.45) is -0.634. The Kier molecular flexibility index (Phi) is 6.77. The molecule has 4 rings (SSSR count). The summed E-state index contributed by atoms with van der Waals surface area (Å²) in [7, 11) is 0. The lowest BCUT2D eigenvalue weighted by Crippen LogP contribution is -3.16. The molecule has 2 heterocycles. The van der Waals surface area contributed by atoms with Crippen molar-refractivity contribution >= 4 is 17.3 Å². The van der Waals surface area contributed by atoms with Gasteiger partial charge in [-0.3, -0.25) is 0 Å². The summed E-state index contributed by atoms with van der Waals surface area (Å²) in [5.74, 6) is 1.51. The molecule has 1 fully saturated rings. The number of anilines is 1. The molecule has 0 amide bonds. The van der Waals surface area contributed by atoms with Crippen molar-refractivity contribution < 1.29 is 24.2 Å². The van der Waals surface area contributed by atoms with E-state index in [1.54, 1.807) is 0 Å². The van der Waals surface area contributed by atoms with Crippen LogP contribution in [0.4, 0.5) is 5.69 Å². The van der Waals surface area contributed by atoms with E-state index in [2.05, 4.69) is 11.0 Å². The second kappa shape index (κ2) is 9.67. The molecule has 0 spiro atoms. The fraction of sp³-hybridized carbons (Fsp3) is 0.455. The molecule has 0 aliphatic carbocycles. The Balaban J connectivity index is 1.14. The minimum absolute atomic E-state index is 0.148. The van der Waals surface area contributed by atoms with Crippen LogP contribution in [0, 0.1) is 0 Å². The monoisotopic (exact) mass is 419 g/mol. The first-order valence-corrected chi connectivity index (χ1v) is 10.5. The van der Waals surface area contributed by atoms with E-state index in [1.807, 2.05) is 42.5 Å². The van der Waals surface area contributed by atoms with Gasteiger partial charge >= 0.3 is 0 Å². The Hall–Kier alpha value is -1.99. The number of quaternary nitrogens is 1. The van der Waals surface area contributed by atoms with E-state index >= 15 is 0 Å². The van der Waals surface area contributed by atoms with Gasteiger partial charge in [0.25, 0.3) is 0 Å². The molecule has 7 heteroatoms. The van der Waals surface area contributed by atoms with Crippen LogP contribution in [0.25, 0.3) is 0 Å². The number of piperazine rings is 1. The number of nitrogens with zero attached hydrogens (tertiary/aromatic N) is 1. The van der Waals surface area contributed by atoms with Crippen LogP contribution in [0.5, 0.6) is 11.5 Å². The number of fused-ring (bicyclic) bond motifs is 1. The number of halogens is 1. The highest BCUT2D eigenvalue weighted by atomic mass is 35.5. The third-order valence-corrected chi connectivity index (χ3v) is 5.58. The summed E-state index contributed by atoms with van der Waals surface area (Å²) in [6.45, 7) is 5.75. The summed E-state index contributed by atoms with van der Waals surface area (Å²) < 4.78 is 17.3. The van der Waals surface area contributed by atoms with Gasteiger partial charge in [0.2, 0.25) is 0 Å². The molecular weight excluding hydrogens is 392 g/mol. The van der Waals surface area contributed by atoms with Gasteiger partial charge in [-0.2, -0.15) is 0 Å². The average molecular weight is 420 g/mol. The lowest BCUT2D eigenvalue weighted by molar-refractivity contribution is -0.903. The third-order valence-electron chi connectivity index (χ3n) is 5.35. The van der Waals surface area contributed by atoms with Gasteiger partial charge in [0.1, 0.15) is 19.3 Å². The van der Waals surface area contributed by atoms with Gasteiger partial charge in [-0.05, 0) is 30.3 Å². The molecule has 2 N–H and O–H groups in total. The zero-order chi connectivity index (χ0) is 20.1. The Morgan fingerprint density at radius 3 is 2.72 bits per heavy atom. The van der Waals surface area contributed by atoms with E-state index in [9.17, 15) is 5.11 Å². The fourth-order valence-corrected chi connectivity index (χ4v) is 4.02. The van der Waals surface area contributed by atoms with Crippen LogP contribution in [0.3, 0.4) is 0 Å². The minimum Gasteiger partial charge on any atom is -0.486 e. The van der Waals surface area contributed by atoms with E-state index in [-0.39, 0.29) is 6.10 Å². The van der Waals surface area contributed by atoms with Crippen LogP contribution in [-0.2, 0) is 4.74 Å². The largest absolute Gasteiger partial charge is 0.486 e. The van der Waals surface area contributed by atoms with E-state index in [0.29, 0.717) is 26.4 Å². The second-order valence-corrected chi connectivity index (χ2v) is 8.05. The van der Waals surface area contributed by atoms with E-state index in [1.165, 1.54) is 4.90 Å². The van der Waals surface area contributed by atoms with E-state index in [4.69, 9.17) is 25.8 Å². The molecule has 0 saturated carbocycles. The van der Waals surface area contributed by atoms with Crippen LogP contribution < -0.4 is 19.3 Å². The zero-order valence-corrected chi connectivity index (χ0v) is 17.2. The van der Waals surface area contributed by atoms with Crippen molar-refractivity contribution in [2.24, 2.45) is 0 Å². The van der Waals surface area contributed by atoms with Gasteiger partial charge in [-0.1, -0.05) is 29.8 Å². The number of aliphatic hydroxyl groups is 1. The Morgan fingerprint density at radius 1 is 1.14 bits per heavy atom. The molecule has 156 valence electrons. The quantitative estimate of drug-likeness (QED) is 0.707. The predicted octanol–water partition coefficient (Wildman–Crippen LogP) is 1.26. The van der Waals surface area contributed by atoms with Crippen molar-refractivity contribution in [3.63, 3.8) is 0 Å². The maximum atomic E-state index is 10.4. The third kappa shape index (κ3) is 5.54. The molecule has 1 saturated heterocycles. The van der Waals surface area contributed by atoms with Crippen LogP contribution in [0.15, 0.2) is 48.5 Å². The van der Waals surface area contributed by atoms with Gasteiger partial charge in [-0.25, -0.2) is 0 Å². The normalized spacial score (nSPS) is 20.5. The molecule has 0 radical (unpaired) electrons. The molecule has 2 aliphatic rings. The number of aliphatic hydroxyl groups excluding tert-OH is 1. The maximum absolute atomic E-state index is 10.4. The van der Waals surface area contributed by atoms with Crippen molar-refractivity contribution in [1.82, 2.24) is 0 Å². The Bertz CT molecular complexity index is 798. The van der Waals surface area contributed by atoms with Gasteiger partial charge < -0.3 is 29.1 Å². The fourth-order valence-electron chi connectivity index (χ4n) is 3.83. The molecule has 2 aliphatic heterocycles. The highest BCUT2D eigenvalue weighted by molar-refractivity contribution is 6.30. The van der Waals surface area contributed by atoms with Crippen LogP contribution in [-0.4, -0.2) is 69.9 Å². The van der Waals surface area contributed by atoms with Crippen molar-refractivity contribution in [3.05, 3.63) is 53.6 Å². The molecule has 2 aromatic carbocycles. The molecule has 2 atom stereocenters. The van der Waals surface area contributed by atoms with Crippen molar-refractivity contribution in [2.75, 3.05) is 57.4 Å². The van der Waals surface area contributed by atoms with Gasteiger partial charge in [0.15, 0.2) is 17.6 Å². The second-order valence-electron chi connectivity index (χ2n) is 7.61. The average Bonchev–Trinajstić information content (AvgIpc) is 2.74. The lowest BCUT2D eigenvalue weighted by atomic mass is 10.2. The number of ether oxygens (including phenoxy) is 3. The predicted molar refractivity (Wildman–Crippen MR) is 112 cm³/mol. The van der Waals surface area contributed by atoms with Gasteiger partial charge in [-0.15, -0.1) is 0 Å². The standard InChI is InChI=1S/C22H27ClN2O4/c23-17-4-3-5-18(12-17)25-10-8-24(9-11-25)13-19(26)14-27-15-20-16-28-21-6-1-2-7-22(21)29-20/h1-7,12,19-20,26H,8-11,13-16H2/p+1/t19-,20+/m0/s1. The molecule has 2 aromatic rings. The van der Waals surface area contributed by atoms with Gasteiger partial charge in [0, 0.05) is 10.7 Å². The smallest absolute Gasteiger partial charge is 0.161 e. The number of rotatable bonds is 7. The maximum Gasteiger partial charge on any atom is 0.161 e. The first-order valence-electron chi connectivity index (χ1n) is 10.2. The van der Waals surface area contributed by atoms with Gasteiger partial charge in [0.05, 0.1) is 39.4 Å². The number of hydrogen-bond donors (Lipinski definition) is 2. The van der Waals surface area contributed by atoms with Crippen LogP contribution >= 0.6 is 11.6 Å². The number of benzene rings is 2. The summed E-state index contributed by atoms with van der Waals surface area (Å²) in [6, 6.07) is 15.6. The first-order chi connectivity index (χ1) is 14.2.